The van der Waals surface area contributed by atoms with Crippen molar-refractivity contribution in [3.05, 3.63) is 0 Å². The number of nitrogens with one attached hydrogen (secondary N) is 2. The van der Waals surface area contributed by atoms with E-state index in [1.54, 1.807) is 0 Å². The minimum absolute atomic E-state index is 0.00383. The van der Waals surface area contributed by atoms with Gasteiger partial charge in [-0.2, -0.15) is 0 Å². The molecule has 2 aliphatic heterocycles. The third-order valence-corrected chi connectivity index (χ3v) is 4.31. The normalized spacial score (nSPS) is 23.4. The molecule has 2 saturated heterocycles. The number of hydrogen-bond acceptors (Lipinski definition) is 5. The summed E-state index contributed by atoms with van der Waals surface area (Å²) in [5.74, 6) is -1.84. The van der Waals surface area contributed by atoms with E-state index in [9.17, 15) is 9.59 Å². The van der Waals surface area contributed by atoms with Gasteiger partial charge in [-0.15, -0.1) is 0 Å². The minimum atomic E-state index is -0.632. The third kappa shape index (κ3) is 5.75. The van der Waals surface area contributed by atoms with Gasteiger partial charge < -0.3 is 25.0 Å². The fourth-order valence-corrected chi connectivity index (χ4v) is 2.83. The van der Waals surface area contributed by atoms with Crippen LogP contribution in [0.25, 0.3) is 0 Å². The summed E-state index contributed by atoms with van der Waals surface area (Å²) in [6.45, 7) is 9.30. The van der Waals surface area contributed by atoms with Crippen LogP contribution < -0.4 is 10.6 Å². The molecule has 0 aliphatic carbocycles. The van der Waals surface area contributed by atoms with Crippen LogP contribution >= 0.6 is 0 Å². The quantitative estimate of drug-likeness (QED) is 0.708. The Bertz CT molecular complexity index is 412. The van der Waals surface area contributed by atoms with Crippen molar-refractivity contribution >= 4 is 11.8 Å². The van der Waals surface area contributed by atoms with Crippen molar-refractivity contribution < 1.29 is 19.1 Å². The summed E-state index contributed by atoms with van der Waals surface area (Å²) in [7, 11) is 0. The number of hydrogen-bond donors (Lipinski definition) is 2. The monoisotopic (exact) mass is 327 g/mol. The van der Waals surface area contributed by atoms with E-state index in [0.29, 0.717) is 13.2 Å². The van der Waals surface area contributed by atoms with Crippen molar-refractivity contribution in [2.75, 3.05) is 32.8 Å². The fourth-order valence-electron chi connectivity index (χ4n) is 2.83. The maximum atomic E-state index is 12.1. The second kappa shape index (κ2) is 8.08. The van der Waals surface area contributed by atoms with Gasteiger partial charge >= 0.3 is 11.8 Å². The Balaban J connectivity index is 1.74. The lowest BCUT2D eigenvalue weighted by Gasteiger charge is -2.35. The fraction of sp³-hybridized carbons (Fsp3) is 0.875. The van der Waals surface area contributed by atoms with Crippen LogP contribution in [0.15, 0.2) is 0 Å². The van der Waals surface area contributed by atoms with E-state index in [1.165, 1.54) is 12.8 Å². The second-order valence-corrected chi connectivity index (χ2v) is 6.78. The van der Waals surface area contributed by atoms with E-state index in [0.717, 1.165) is 26.1 Å². The van der Waals surface area contributed by atoms with Crippen LogP contribution in [0, 0.1) is 0 Å². The molecule has 0 spiro atoms. The number of likely N-dealkylation sites (tertiary alicyclic amines) is 1. The van der Waals surface area contributed by atoms with Crippen molar-refractivity contribution in [3.63, 3.8) is 0 Å². The first-order valence-corrected chi connectivity index (χ1v) is 8.51. The van der Waals surface area contributed by atoms with Gasteiger partial charge in [-0.1, -0.05) is 6.92 Å². The SMILES string of the molecule is CCC(CN1CCCC1)NC(=O)C(=O)NC1COC(C)(C)OC1. The lowest BCUT2D eigenvalue weighted by molar-refractivity contribution is -0.252. The summed E-state index contributed by atoms with van der Waals surface area (Å²) in [4.78, 5) is 26.4. The predicted molar refractivity (Wildman–Crippen MR) is 85.8 cm³/mol. The van der Waals surface area contributed by atoms with Gasteiger partial charge in [-0.3, -0.25) is 9.59 Å². The van der Waals surface area contributed by atoms with Crippen molar-refractivity contribution in [2.24, 2.45) is 0 Å². The molecule has 2 rings (SSSR count). The highest BCUT2D eigenvalue weighted by Gasteiger charge is 2.30. The molecule has 7 heteroatoms. The first-order chi connectivity index (χ1) is 10.9. The molecule has 1 unspecified atom stereocenters. The summed E-state index contributed by atoms with van der Waals surface area (Å²) >= 11 is 0. The van der Waals surface area contributed by atoms with Gasteiger partial charge in [0.1, 0.15) is 0 Å². The number of carbonyl (C=O) groups is 2. The van der Waals surface area contributed by atoms with Crippen molar-refractivity contribution in [1.82, 2.24) is 15.5 Å². The van der Waals surface area contributed by atoms with Crippen molar-refractivity contribution in [2.45, 2.75) is 57.9 Å². The van der Waals surface area contributed by atoms with Crippen LogP contribution in [0.2, 0.25) is 0 Å². The lowest BCUT2D eigenvalue weighted by Crippen LogP contribution is -2.55. The molecule has 23 heavy (non-hydrogen) atoms. The van der Waals surface area contributed by atoms with Crippen LogP contribution in [0.5, 0.6) is 0 Å². The summed E-state index contributed by atoms with van der Waals surface area (Å²) < 4.78 is 10.9. The third-order valence-electron chi connectivity index (χ3n) is 4.31. The number of rotatable bonds is 5. The van der Waals surface area contributed by atoms with E-state index in [1.807, 2.05) is 20.8 Å². The molecule has 2 heterocycles. The van der Waals surface area contributed by atoms with Crippen LogP contribution in [0.1, 0.15) is 40.0 Å². The topological polar surface area (TPSA) is 79.9 Å². The van der Waals surface area contributed by atoms with E-state index in [4.69, 9.17) is 9.47 Å². The van der Waals surface area contributed by atoms with E-state index in [-0.39, 0.29) is 12.1 Å². The van der Waals surface area contributed by atoms with Gasteiger partial charge in [0, 0.05) is 12.6 Å². The summed E-state index contributed by atoms with van der Waals surface area (Å²) in [6, 6.07) is -0.288. The predicted octanol–water partition coefficient (Wildman–Crippen LogP) is 0.245. The summed E-state index contributed by atoms with van der Waals surface area (Å²) in [5, 5.41) is 5.49. The molecule has 132 valence electrons. The van der Waals surface area contributed by atoms with Crippen LogP contribution in [0.4, 0.5) is 0 Å². The van der Waals surface area contributed by atoms with Gasteiger partial charge in [0.2, 0.25) is 0 Å². The standard InChI is InChI=1S/C16H29N3O4/c1-4-12(9-19-7-5-6-8-19)17-14(20)15(21)18-13-10-22-16(2,3)23-11-13/h12-13H,4-11H2,1-3H3,(H,17,20)(H,18,21). The maximum absolute atomic E-state index is 12.1. The Kier molecular flexibility index (Phi) is 6.38. The average Bonchev–Trinajstić information content (AvgIpc) is 3.01. The molecule has 2 aliphatic rings. The van der Waals surface area contributed by atoms with E-state index >= 15 is 0 Å². The highest BCUT2D eigenvalue weighted by Crippen LogP contribution is 2.16. The molecule has 1 atom stereocenters. The molecule has 0 aromatic carbocycles. The zero-order valence-electron chi connectivity index (χ0n) is 14.4. The molecule has 2 amide bonds. The molecular formula is C16H29N3O4. The minimum Gasteiger partial charge on any atom is -0.348 e. The highest BCUT2D eigenvalue weighted by molar-refractivity contribution is 6.35. The molecule has 0 saturated carbocycles. The molecule has 0 aromatic heterocycles. The van der Waals surface area contributed by atoms with Crippen molar-refractivity contribution in [3.8, 4) is 0 Å². The van der Waals surface area contributed by atoms with Gasteiger partial charge in [0.25, 0.3) is 0 Å². The summed E-state index contributed by atoms with van der Waals surface area (Å²) in [6.07, 6.45) is 3.23. The molecule has 2 N–H and O–H groups in total. The molecule has 0 bridgehead atoms. The van der Waals surface area contributed by atoms with Crippen molar-refractivity contribution in [1.29, 1.82) is 0 Å². The van der Waals surface area contributed by atoms with Gasteiger partial charge in [0.05, 0.1) is 19.3 Å². The maximum Gasteiger partial charge on any atom is 0.309 e. The van der Waals surface area contributed by atoms with Crippen LogP contribution in [-0.2, 0) is 19.1 Å². The van der Waals surface area contributed by atoms with Crippen LogP contribution in [0.3, 0.4) is 0 Å². The number of ether oxygens (including phenoxy) is 2. The molecular weight excluding hydrogens is 298 g/mol. The zero-order chi connectivity index (χ0) is 16.9. The highest BCUT2D eigenvalue weighted by atomic mass is 16.7. The molecule has 2 fully saturated rings. The number of amides is 2. The largest absolute Gasteiger partial charge is 0.348 e. The Hall–Kier alpha value is -1.18. The smallest absolute Gasteiger partial charge is 0.309 e. The second-order valence-electron chi connectivity index (χ2n) is 6.78. The molecule has 7 nitrogen and oxygen atoms in total. The first-order valence-electron chi connectivity index (χ1n) is 8.51. The first kappa shape index (κ1) is 18.2. The zero-order valence-corrected chi connectivity index (χ0v) is 14.4. The number of nitrogens with zero attached hydrogens (tertiary/aromatic N) is 1. The van der Waals surface area contributed by atoms with E-state index in [2.05, 4.69) is 15.5 Å². The average molecular weight is 327 g/mol. The lowest BCUT2D eigenvalue weighted by atomic mass is 10.2. The number of carbonyl (C=O) groups excluding carboxylic acids is 2. The van der Waals surface area contributed by atoms with E-state index < -0.39 is 17.6 Å². The van der Waals surface area contributed by atoms with Gasteiger partial charge in [-0.05, 0) is 46.2 Å². The Morgan fingerprint density at radius 2 is 1.78 bits per heavy atom. The Morgan fingerprint density at radius 1 is 1.17 bits per heavy atom. The molecule has 0 radical (unpaired) electrons. The molecule has 0 aromatic rings. The van der Waals surface area contributed by atoms with Gasteiger partial charge in [-0.25, -0.2) is 0 Å². The Labute approximate surface area is 138 Å². The summed E-state index contributed by atoms with van der Waals surface area (Å²) in [5.41, 5.74) is 0. The van der Waals surface area contributed by atoms with Crippen LogP contribution in [-0.4, -0.2) is 67.4 Å². The Morgan fingerprint density at radius 3 is 2.35 bits per heavy atom. The van der Waals surface area contributed by atoms with Gasteiger partial charge in [0.15, 0.2) is 5.79 Å².